The smallest absolute Gasteiger partial charge is 0.117 e. The Morgan fingerprint density at radius 3 is 1.88 bits per heavy atom. The highest BCUT2D eigenvalue weighted by Gasteiger charge is 2.45. The van der Waals surface area contributed by atoms with Gasteiger partial charge in [0.1, 0.15) is 34.6 Å². The summed E-state index contributed by atoms with van der Waals surface area (Å²) in [4.78, 5) is 0. The van der Waals surface area contributed by atoms with Crippen LogP contribution >= 0.6 is 0 Å². The van der Waals surface area contributed by atoms with Crippen molar-refractivity contribution in [1.82, 2.24) is 0 Å². The molecule has 0 amide bonds. The third kappa shape index (κ3) is 2.52. The van der Waals surface area contributed by atoms with Gasteiger partial charge in [0, 0.05) is 5.92 Å². The van der Waals surface area contributed by atoms with Crippen LogP contribution in [0.4, 0.5) is 0 Å². The Labute approximate surface area is 142 Å². The first-order valence-electron chi connectivity index (χ1n) is 8.77. The second-order valence-electron chi connectivity index (χ2n) is 7.14. The van der Waals surface area contributed by atoms with Crippen molar-refractivity contribution in [2.24, 2.45) is 0 Å². The van der Waals surface area contributed by atoms with E-state index in [1.165, 1.54) is 0 Å². The van der Waals surface area contributed by atoms with Gasteiger partial charge >= 0.3 is 0 Å². The zero-order valence-corrected chi connectivity index (χ0v) is 14.6. The number of hydrogen-bond donors (Lipinski definition) is 0. The van der Waals surface area contributed by atoms with Crippen molar-refractivity contribution in [3.8, 4) is 0 Å². The summed E-state index contributed by atoms with van der Waals surface area (Å²) < 4.78 is 18.1. The zero-order valence-electron chi connectivity index (χ0n) is 14.6. The Morgan fingerprint density at radius 2 is 1.38 bits per heavy atom. The lowest BCUT2D eigenvalue weighted by Crippen LogP contribution is -2.32. The average molecular weight is 324 g/mol. The number of furan rings is 3. The number of hydrogen-bond acceptors (Lipinski definition) is 3. The highest BCUT2D eigenvalue weighted by atomic mass is 16.4. The predicted molar refractivity (Wildman–Crippen MR) is 92.3 cm³/mol. The van der Waals surface area contributed by atoms with E-state index in [4.69, 9.17) is 13.3 Å². The predicted octanol–water partition coefficient (Wildman–Crippen LogP) is 6.03. The molecule has 1 aliphatic rings. The topological polar surface area (TPSA) is 39.4 Å². The van der Waals surface area contributed by atoms with Gasteiger partial charge in [-0.15, -0.1) is 0 Å². The maximum Gasteiger partial charge on any atom is 0.117 e. The Bertz CT molecular complexity index is 793. The Balaban J connectivity index is 1.78. The van der Waals surface area contributed by atoms with Crippen LogP contribution in [0.1, 0.15) is 66.2 Å². The molecule has 1 saturated carbocycles. The molecule has 3 nitrogen and oxygen atoms in total. The Morgan fingerprint density at radius 1 is 0.792 bits per heavy atom. The molecular weight excluding hydrogens is 300 g/mol. The van der Waals surface area contributed by atoms with Crippen molar-refractivity contribution >= 4 is 0 Å². The molecule has 1 atom stereocenters. The summed E-state index contributed by atoms with van der Waals surface area (Å²) in [5.41, 5.74) is -0.202. The van der Waals surface area contributed by atoms with Crippen molar-refractivity contribution in [3.05, 3.63) is 71.0 Å². The van der Waals surface area contributed by atoms with E-state index in [9.17, 15) is 0 Å². The van der Waals surface area contributed by atoms with Crippen LogP contribution in [-0.4, -0.2) is 0 Å². The van der Waals surface area contributed by atoms with E-state index in [0.29, 0.717) is 5.92 Å². The highest BCUT2D eigenvalue weighted by molar-refractivity contribution is 5.32. The van der Waals surface area contributed by atoms with Gasteiger partial charge in [0.25, 0.3) is 0 Å². The molecule has 0 bridgehead atoms. The lowest BCUT2D eigenvalue weighted by Gasteiger charge is -2.37. The van der Waals surface area contributed by atoms with E-state index >= 15 is 0 Å². The van der Waals surface area contributed by atoms with Crippen LogP contribution in [0.5, 0.6) is 0 Å². The summed E-state index contributed by atoms with van der Waals surface area (Å²) in [5.74, 6) is 6.38. The molecule has 1 aliphatic carbocycles. The van der Waals surface area contributed by atoms with Gasteiger partial charge in [0.15, 0.2) is 0 Å². The average Bonchev–Trinajstić information content (AvgIpc) is 3.29. The van der Waals surface area contributed by atoms with Crippen LogP contribution in [0.15, 0.2) is 49.6 Å². The highest BCUT2D eigenvalue weighted by Crippen LogP contribution is 2.50. The normalized spacial score (nSPS) is 20.4. The summed E-state index contributed by atoms with van der Waals surface area (Å²) in [5, 5.41) is 0. The largest absolute Gasteiger partial charge is 0.466 e. The van der Waals surface area contributed by atoms with Crippen LogP contribution in [0.3, 0.4) is 0 Å². The lowest BCUT2D eigenvalue weighted by atomic mass is 9.66. The molecule has 3 heteroatoms. The van der Waals surface area contributed by atoms with Gasteiger partial charge in [0.2, 0.25) is 0 Å². The van der Waals surface area contributed by atoms with Gasteiger partial charge in [-0.05, 0) is 76.4 Å². The van der Waals surface area contributed by atoms with Gasteiger partial charge in [0.05, 0.1) is 5.41 Å². The molecule has 4 rings (SSSR count). The van der Waals surface area contributed by atoms with Gasteiger partial charge in [-0.2, -0.15) is 0 Å². The first-order chi connectivity index (χ1) is 11.6. The molecule has 0 spiro atoms. The van der Waals surface area contributed by atoms with Crippen molar-refractivity contribution in [3.63, 3.8) is 0 Å². The minimum absolute atomic E-state index is 0.202. The monoisotopic (exact) mass is 324 g/mol. The summed E-state index contributed by atoms with van der Waals surface area (Å²) >= 11 is 0. The van der Waals surface area contributed by atoms with Gasteiger partial charge < -0.3 is 13.3 Å². The number of aryl methyl sites for hydroxylation is 3. The fourth-order valence-electron chi connectivity index (χ4n) is 4.14. The van der Waals surface area contributed by atoms with Crippen molar-refractivity contribution in [2.75, 3.05) is 0 Å². The standard InChI is InChI=1S/C21H24O3/c1-14-6-9-18(22-14)17-5-4-12-21(13-17,19-10-7-15(2)23-19)20-11-8-16(3)24-20/h6-11,17H,4-5,12-13H2,1-3H3/t17-/m0/s1. The fourth-order valence-corrected chi connectivity index (χ4v) is 4.14. The maximum atomic E-state index is 6.09. The molecule has 0 aromatic carbocycles. The summed E-state index contributed by atoms with van der Waals surface area (Å²) in [7, 11) is 0. The van der Waals surface area contributed by atoms with Crippen LogP contribution in [0.25, 0.3) is 0 Å². The first kappa shape index (κ1) is 15.4. The minimum Gasteiger partial charge on any atom is -0.466 e. The van der Waals surface area contributed by atoms with Crippen molar-refractivity contribution in [2.45, 2.75) is 57.8 Å². The molecule has 24 heavy (non-hydrogen) atoms. The van der Waals surface area contributed by atoms with Gasteiger partial charge in [-0.3, -0.25) is 0 Å². The minimum atomic E-state index is -0.202. The Hall–Kier alpha value is -2.16. The molecule has 0 N–H and O–H groups in total. The fraction of sp³-hybridized carbons (Fsp3) is 0.429. The third-order valence-electron chi connectivity index (χ3n) is 5.34. The second kappa shape index (κ2) is 5.73. The summed E-state index contributed by atoms with van der Waals surface area (Å²) in [6, 6.07) is 12.5. The van der Waals surface area contributed by atoms with Crippen LogP contribution in [0.2, 0.25) is 0 Å². The molecule has 0 unspecified atom stereocenters. The lowest BCUT2D eigenvalue weighted by molar-refractivity contribution is 0.213. The second-order valence-corrected chi connectivity index (χ2v) is 7.14. The Kier molecular flexibility index (Phi) is 3.67. The van der Waals surface area contributed by atoms with Crippen LogP contribution in [0, 0.1) is 20.8 Å². The van der Waals surface area contributed by atoms with E-state index in [1.54, 1.807) is 0 Å². The maximum absolute atomic E-state index is 6.09. The molecule has 1 fully saturated rings. The van der Waals surface area contributed by atoms with E-state index in [2.05, 4.69) is 24.3 Å². The quantitative estimate of drug-likeness (QED) is 0.590. The summed E-state index contributed by atoms with van der Waals surface area (Å²) in [6.07, 6.45) is 4.28. The molecule has 0 saturated heterocycles. The molecular formula is C21H24O3. The molecule has 0 radical (unpaired) electrons. The third-order valence-corrected chi connectivity index (χ3v) is 5.34. The molecule has 0 aliphatic heterocycles. The summed E-state index contributed by atoms with van der Waals surface area (Å²) in [6.45, 7) is 6.01. The van der Waals surface area contributed by atoms with Crippen molar-refractivity contribution in [1.29, 1.82) is 0 Å². The number of rotatable bonds is 3. The van der Waals surface area contributed by atoms with Gasteiger partial charge in [-0.25, -0.2) is 0 Å². The molecule has 3 aromatic heterocycles. The molecule has 3 aromatic rings. The molecule has 126 valence electrons. The van der Waals surface area contributed by atoms with E-state index in [1.807, 2.05) is 32.9 Å². The molecule has 3 heterocycles. The van der Waals surface area contributed by atoms with Crippen LogP contribution in [-0.2, 0) is 5.41 Å². The van der Waals surface area contributed by atoms with Crippen LogP contribution < -0.4 is 0 Å². The van der Waals surface area contributed by atoms with E-state index in [-0.39, 0.29) is 5.41 Å². The van der Waals surface area contributed by atoms with E-state index < -0.39 is 0 Å². The van der Waals surface area contributed by atoms with Gasteiger partial charge in [-0.1, -0.05) is 6.42 Å². The SMILES string of the molecule is Cc1ccc([C@H]2CCCC(c3ccc(C)o3)(c3ccc(C)o3)C2)o1. The zero-order chi connectivity index (χ0) is 16.7. The first-order valence-corrected chi connectivity index (χ1v) is 8.77. The van der Waals surface area contributed by atoms with E-state index in [0.717, 1.165) is 60.2 Å². The van der Waals surface area contributed by atoms with Crippen molar-refractivity contribution < 1.29 is 13.3 Å².